The number of rotatable bonds is 4. The summed E-state index contributed by atoms with van der Waals surface area (Å²) in [5.74, 6) is 3.15. The highest BCUT2D eigenvalue weighted by atomic mass is 16.5. The van der Waals surface area contributed by atoms with Crippen LogP contribution in [0.2, 0.25) is 0 Å². The van der Waals surface area contributed by atoms with Crippen LogP contribution < -0.4 is 10.1 Å². The van der Waals surface area contributed by atoms with E-state index in [1.54, 1.807) is 7.11 Å². The molecule has 1 N–H and O–H groups in total. The number of allylic oxidation sites excluding steroid dienone is 1. The van der Waals surface area contributed by atoms with Gasteiger partial charge in [-0.2, -0.15) is 0 Å². The monoisotopic (exact) mass is 368 g/mol. The van der Waals surface area contributed by atoms with Crippen LogP contribution in [-0.4, -0.2) is 24.5 Å². The minimum atomic E-state index is -0.140. The fourth-order valence-electron chi connectivity index (χ4n) is 3.66. The van der Waals surface area contributed by atoms with Crippen LogP contribution >= 0.6 is 0 Å². The number of ether oxygens (including phenoxy) is 1. The average Bonchev–Trinajstić information content (AvgIpc) is 3.12. The van der Waals surface area contributed by atoms with Gasteiger partial charge in [0.2, 0.25) is 0 Å². The van der Waals surface area contributed by atoms with E-state index in [0.717, 1.165) is 51.9 Å². The molecule has 0 radical (unpaired) electrons. The Bertz CT molecular complexity index is 1120. The Labute approximate surface area is 164 Å². The summed E-state index contributed by atoms with van der Waals surface area (Å²) < 4.78 is 5.23. The standard InChI is InChI=1S/C24H20N2O2/c1-3-14-25-24(27)22-19-6-4-5-7-21(19)26-23-17(10-13-20(22)23)15-16-8-11-18(28-2)12-9-16/h1,4-9,11-12,15H,10,13-14H2,2H3,(H,25,27)/b17-15-. The highest BCUT2D eigenvalue weighted by Gasteiger charge is 2.26. The molecule has 1 aliphatic rings. The van der Waals surface area contributed by atoms with Crippen LogP contribution in [0.3, 0.4) is 0 Å². The number of amides is 1. The summed E-state index contributed by atoms with van der Waals surface area (Å²) >= 11 is 0. The van der Waals surface area contributed by atoms with Gasteiger partial charge in [0, 0.05) is 5.39 Å². The van der Waals surface area contributed by atoms with Crippen molar-refractivity contribution in [3.63, 3.8) is 0 Å². The topological polar surface area (TPSA) is 51.2 Å². The molecule has 0 bridgehead atoms. The Morgan fingerprint density at radius 2 is 2.00 bits per heavy atom. The Balaban J connectivity index is 1.83. The van der Waals surface area contributed by atoms with E-state index in [-0.39, 0.29) is 12.5 Å². The summed E-state index contributed by atoms with van der Waals surface area (Å²) in [6.07, 6.45) is 9.08. The Kier molecular flexibility index (Phi) is 4.82. The van der Waals surface area contributed by atoms with E-state index in [1.807, 2.05) is 48.5 Å². The average molecular weight is 368 g/mol. The zero-order chi connectivity index (χ0) is 19.5. The smallest absolute Gasteiger partial charge is 0.253 e. The molecule has 2 aromatic carbocycles. The number of aromatic nitrogens is 1. The number of hydrogen-bond acceptors (Lipinski definition) is 3. The van der Waals surface area contributed by atoms with Gasteiger partial charge in [-0.05, 0) is 53.8 Å². The van der Waals surface area contributed by atoms with Crippen LogP contribution in [-0.2, 0) is 6.42 Å². The van der Waals surface area contributed by atoms with Gasteiger partial charge in [-0.15, -0.1) is 6.42 Å². The molecule has 4 heteroatoms. The molecule has 0 spiro atoms. The van der Waals surface area contributed by atoms with Crippen LogP contribution in [0.4, 0.5) is 0 Å². The van der Waals surface area contributed by atoms with Gasteiger partial charge in [0.1, 0.15) is 5.75 Å². The van der Waals surface area contributed by atoms with Crippen molar-refractivity contribution >= 4 is 28.5 Å². The highest BCUT2D eigenvalue weighted by molar-refractivity contribution is 6.09. The van der Waals surface area contributed by atoms with E-state index in [9.17, 15) is 4.79 Å². The quantitative estimate of drug-likeness (QED) is 0.706. The van der Waals surface area contributed by atoms with Crippen LogP contribution in [0.15, 0.2) is 48.5 Å². The number of benzene rings is 2. The first kappa shape index (κ1) is 17.8. The SMILES string of the molecule is C#CCNC(=O)c1c2c(nc3ccccc13)/C(=C\c1ccc(OC)cc1)CC2. The normalized spacial score (nSPS) is 13.9. The number of nitrogens with one attached hydrogen (secondary N) is 1. The van der Waals surface area contributed by atoms with Crippen molar-refractivity contribution in [3.05, 3.63) is 70.9 Å². The molecule has 0 saturated carbocycles. The first-order valence-corrected chi connectivity index (χ1v) is 9.19. The number of carbonyl (C=O) groups is 1. The third-order valence-electron chi connectivity index (χ3n) is 4.98. The van der Waals surface area contributed by atoms with E-state index in [2.05, 4.69) is 17.3 Å². The summed E-state index contributed by atoms with van der Waals surface area (Å²) in [4.78, 5) is 17.7. The first-order chi connectivity index (χ1) is 13.7. The molecule has 0 fully saturated rings. The molecule has 4 rings (SSSR count). The van der Waals surface area contributed by atoms with Crippen molar-refractivity contribution in [2.75, 3.05) is 13.7 Å². The highest BCUT2D eigenvalue weighted by Crippen LogP contribution is 2.37. The molecule has 1 aromatic heterocycles. The Hall–Kier alpha value is -3.58. The number of methoxy groups -OCH3 is 1. The van der Waals surface area contributed by atoms with E-state index < -0.39 is 0 Å². The largest absolute Gasteiger partial charge is 0.497 e. The number of para-hydroxylation sites is 1. The molecule has 0 aliphatic heterocycles. The molecule has 1 aliphatic carbocycles. The fourth-order valence-corrected chi connectivity index (χ4v) is 3.66. The van der Waals surface area contributed by atoms with E-state index in [4.69, 9.17) is 16.1 Å². The lowest BCUT2D eigenvalue weighted by Gasteiger charge is -2.12. The molecule has 1 amide bonds. The van der Waals surface area contributed by atoms with Gasteiger partial charge < -0.3 is 10.1 Å². The molecule has 3 aromatic rings. The van der Waals surface area contributed by atoms with Crippen molar-refractivity contribution in [1.29, 1.82) is 0 Å². The fraction of sp³-hybridized carbons (Fsp3) is 0.167. The predicted molar refractivity (Wildman–Crippen MR) is 112 cm³/mol. The van der Waals surface area contributed by atoms with Gasteiger partial charge in [-0.3, -0.25) is 4.79 Å². The van der Waals surface area contributed by atoms with Gasteiger partial charge in [0.25, 0.3) is 5.91 Å². The molecular formula is C24H20N2O2. The molecule has 0 atom stereocenters. The molecule has 0 unspecified atom stereocenters. The van der Waals surface area contributed by atoms with Crippen LogP contribution in [0.25, 0.3) is 22.6 Å². The Morgan fingerprint density at radius 1 is 1.21 bits per heavy atom. The predicted octanol–water partition coefficient (Wildman–Crippen LogP) is 4.09. The van der Waals surface area contributed by atoms with Crippen molar-refractivity contribution < 1.29 is 9.53 Å². The summed E-state index contributed by atoms with van der Waals surface area (Å²) in [5, 5.41) is 3.67. The van der Waals surface area contributed by atoms with Gasteiger partial charge in [-0.25, -0.2) is 4.98 Å². The number of nitrogens with zero attached hydrogens (tertiary/aromatic N) is 1. The lowest BCUT2D eigenvalue weighted by atomic mass is 10.00. The van der Waals surface area contributed by atoms with Crippen LogP contribution in [0, 0.1) is 12.3 Å². The number of hydrogen-bond donors (Lipinski definition) is 1. The van der Waals surface area contributed by atoms with E-state index >= 15 is 0 Å². The Morgan fingerprint density at radius 3 is 2.75 bits per heavy atom. The molecule has 28 heavy (non-hydrogen) atoms. The molecular weight excluding hydrogens is 348 g/mol. The van der Waals surface area contributed by atoms with Gasteiger partial charge >= 0.3 is 0 Å². The van der Waals surface area contributed by atoms with Crippen molar-refractivity contribution in [2.24, 2.45) is 0 Å². The molecule has 1 heterocycles. The van der Waals surface area contributed by atoms with Crippen molar-refractivity contribution in [2.45, 2.75) is 12.8 Å². The summed E-state index contributed by atoms with van der Waals surface area (Å²) in [5.41, 5.74) is 5.62. The van der Waals surface area contributed by atoms with E-state index in [1.165, 1.54) is 0 Å². The van der Waals surface area contributed by atoms with Crippen LogP contribution in [0.5, 0.6) is 5.75 Å². The maximum atomic E-state index is 12.8. The maximum Gasteiger partial charge on any atom is 0.253 e. The summed E-state index contributed by atoms with van der Waals surface area (Å²) in [7, 11) is 1.66. The minimum absolute atomic E-state index is 0.140. The minimum Gasteiger partial charge on any atom is -0.497 e. The van der Waals surface area contributed by atoms with Gasteiger partial charge in [0.15, 0.2) is 0 Å². The zero-order valence-electron chi connectivity index (χ0n) is 15.7. The number of terminal acetylenes is 1. The second kappa shape index (κ2) is 7.58. The molecule has 0 saturated heterocycles. The molecule has 138 valence electrons. The first-order valence-electron chi connectivity index (χ1n) is 9.19. The maximum absolute atomic E-state index is 12.8. The zero-order valence-corrected chi connectivity index (χ0v) is 15.7. The van der Waals surface area contributed by atoms with Gasteiger partial charge in [0.05, 0.1) is 30.4 Å². The van der Waals surface area contributed by atoms with E-state index in [0.29, 0.717) is 5.56 Å². The number of pyridine rings is 1. The van der Waals surface area contributed by atoms with Crippen LogP contribution in [0.1, 0.15) is 33.6 Å². The second-order valence-corrected chi connectivity index (χ2v) is 6.66. The summed E-state index contributed by atoms with van der Waals surface area (Å²) in [6.45, 7) is 0.207. The third kappa shape index (κ3) is 3.23. The second-order valence-electron chi connectivity index (χ2n) is 6.66. The molecule has 4 nitrogen and oxygen atoms in total. The number of carbonyl (C=O) groups excluding carboxylic acids is 1. The third-order valence-corrected chi connectivity index (χ3v) is 4.98. The lowest BCUT2D eigenvalue weighted by molar-refractivity contribution is 0.0959. The van der Waals surface area contributed by atoms with Crippen molar-refractivity contribution in [1.82, 2.24) is 10.3 Å². The van der Waals surface area contributed by atoms with Gasteiger partial charge in [-0.1, -0.05) is 36.3 Å². The number of fused-ring (bicyclic) bond motifs is 2. The lowest BCUT2D eigenvalue weighted by Crippen LogP contribution is -2.25. The summed E-state index contributed by atoms with van der Waals surface area (Å²) in [6, 6.07) is 15.7. The van der Waals surface area contributed by atoms with Crippen molar-refractivity contribution in [3.8, 4) is 18.1 Å².